The van der Waals surface area contributed by atoms with Gasteiger partial charge in [-0.3, -0.25) is 4.90 Å². The zero-order valence-corrected chi connectivity index (χ0v) is 11.6. The zero-order valence-electron chi connectivity index (χ0n) is 11.6. The first-order valence-corrected chi connectivity index (χ1v) is 6.73. The maximum atomic E-state index is 11.5. The monoisotopic (exact) mass is 256 g/mol. The quantitative estimate of drug-likeness (QED) is 0.825. The van der Waals surface area contributed by atoms with E-state index in [4.69, 9.17) is 9.47 Å². The first-order chi connectivity index (χ1) is 8.44. The van der Waals surface area contributed by atoms with Crippen LogP contribution >= 0.6 is 0 Å². The molecule has 0 bridgehead atoms. The summed E-state index contributed by atoms with van der Waals surface area (Å²) in [6.07, 6.45) is 0.833. The Labute approximate surface area is 109 Å². The molecule has 0 aromatic rings. The van der Waals surface area contributed by atoms with E-state index in [1.165, 1.54) is 0 Å². The van der Waals surface area contributed by atoms with Crippen LogP contribution in [0.15, 0.2) is 0 Å². The Bertz CT molecular complexity index is 297. The Morgan fingerprint density at radius 1 is 1.44 bits per heavy atom. The molecule has 0 radical (unpaired) electrons. The fourth-order valence-corrected chi connectivity index (χ4v) is 2.34. The van der Waals surface area contributed by atoms with Crippen molar-refractivity contribution in [3.05, 3.63) is 0 Å². The van der Waals surface area contributed by atoms with Crippen molar-refractivity contribution in [1.29, 1.82) is 0 Å². The summed E-state index contributed by atoms with van der Waals surface area (Å²) in [6.45, 7) is 10.2. The predicted molar refractivity (Wildman–Crippen MR) is 68.5 cm³/mol. The largest absolute Gasteiger partial charge is 0.444 e. The van der Waals surface area contributed by atoms with Gasteiger partial charge in [-0.2, -0.15) is 0 Å². The zero-order chi connectivity index (χ0) is 13.2. The Hall–Kier alpha value is -0.810. The molecule has 0 spiro atoms. The maximum absolute atomic E-state index is 11.5. The van der Waals surface area contributed by atoms with Crippen molar-refractivity contribution in [3.8, 4) is 0 Å². The van der Waals surface area contributed by atoms with Crippen molar-refractivity contribution in [2.45, 2.75) is 38.8 Å². The van der Waals surface area contributed by atoms with E-state index in [2.05, 4.69) is 10.2 Å². The second-order valence-electron chi connectivity index (χ2n) is 6.22. The molecular formula is C13H24N2O3. The summed E-state index contributed by atoms with van der Waals surface area (Å²) in [4.78, 5) is 14.0. The third kappa shape index (κ3) is 3.85. The van der Waals surface area contributed by atoms with Crippen LogP contribution in [0, 0.1) is 5.92 Å². The standard InChI is InChI=1S/C13H24N2O3/c1-13(2,3)18-12(16)14-6-10-4-5-15(7-10)11-8-17-9-11/h10-11H,4-9H2,1-3H3,(H,14,16)/t10-/m0/s1. The van der Waals surface area contributed by atoms with Gasteiger partial charge in [0.05, 0.1) is 19.3 Å². The topological polar surface area (TPSA) is 50.8 Å². The molecule has 5 nitrogen and oxygen atoms in total. The highest BCUT2D eigenvalue weighted by Gasteiger charge is 2.32. The number of hydrogen-bond acceptors (Lipinski definition) is 4. The average molecular weight is 256 g/mol. The lowest BCUT2D eigenvalue weighted by molar-refractivity contribution is -0.0580. The molecule has 2 saturated heterocycles. The van der Waals surface area contributed by atoms with Crippen LogP contribution in [0.4, 0.5) is 4.79 Å². The van der Waals surface area contributed by atoms with Gasteiger partial charge in [-0.25, -0.2) is 4.79 Å². The summed E-state index contributed by atoms with van der Waals surface area (Å²) >= 11 is 0. The highest BCUT2D eigenvalue weighted by Crippen LogP contribution is 2.21. The number of rotatable bonds is 3. The molecule has 1 N–H and O–H groups in total. The Morgan fingerprint density at radius 2 is 2.17 bits per heavy atom. The first kappa shape index (κ1) is 13.6. The van der Waals surface area contributed by atoms with Crippen molar-refractivity contribution in [2.24, 2.45) is 5.92 Å². The van der Waals surface area contributed by atoms with E-state index in [9.17, 15) is 4.79 Å². The molecule has 2 aliphatic rings. The van der Waals surface area contributed by atoms with Gasteiger partial charge in [-0.15, -0.1) is 0 Å². The highest BCUT2D eigenvalue weighted by molar-refractivity contribution is 5.67. The van der Waals surface area contributed by atoms with E-state index < -0.39 is 5.60 Å². The van der Waals surface area contributed by atoms with E-state index in [0.29, 0.717) is 18.5 Å². The number of hydrogen-bond donors (Lipinski definition) is 1. The molecule has 104 valence electrons. The fourth-order valence-electron chi connectivity index (χ4n) is 2.34. The lowest BCUT2D eigenvalue weighted by atomic mass is 10.1. The van der Waals surface area contributed by atoms with Gasteiger partial charge in [0, 0.05) is 13.1 Å². The summed E-state index contributed by atoms with van der Waals surface area (Å²) in [5.41, 5.74) is -0.422. The summed E-state index contributed by atoms with van der Waals surface area (Å²) < 4.78 is 10.4. The Balaban J connectivity index is 1.64. The number of ether oxygens (including phenoxy) is 2. The number of nitrogens with one attached hydrogen (secondary N) is 1. The molecule has 0 aromatic carbocycles. The third-order valence-corrected chi connectivity index (χ3v) is 3.39. The molecule has 0 aromatic heterocycles. The van der Waals surface area contributed by atoms with Crippen molar-refractivity contribution >= 4 is 6.09 Å². The Kier molecular flexibility index (Phi) is 4.12. The first-order valence-electron chi connectivity index (χ1n) is 6.73. The summed E-state index contributed by atoms with van der Waals surface area (Å²) in [6, 6.07) is 0.608. The second-order valence-corrected chi connectivity index (χ2v) is 6.22. The van der Waals surface area contributed by atoms with Crippen LogP contribution < -0.4 is 5.32 Å². The maximum Gasteiger partial charge on any atom is 0.407 e. The number of likely N-dealkylation sites (tertiary alicyclic amines) is 1. The summed E-state index contributed by atoms with van der Waals surface area (Å²) in [5, 5.41) is 2.86. The number of amides is 1. The molecule has 2 rings (SSSR count). The van der Waals surface area contributed by atoms with Gasteiger partial charge in [0.15, 0.2) is 0 Å². The molecule has 0 saturated carbocycles. The van der Waals surface area contributed by atoms with Crippen molar-refractivity contribution < 1.29 is 14.3 Å². The molecule has 2 fully saturated rings. The van der Waals surface area contributed by atoms with Crippen LogP contribution in [0.25, 0.3) is 0 Å². The van der Waals surface area contributed by atoms with Crippen molar-refractivity contribution in [3.63, 3.8) is 0 Å². The van der Waals surface area contributed by atoms with Crippen LogP contribution in [0.5, 0.6) is 0 Å². The van der Waals surface area contributed by atoms with Crippen molar-refractivity contribution in [1.82, 2.24) is 10.2 Å². The van der Waals surface area contributed by atoms with Crippen molar-refractivity contribution in [2.75, 3.05) is 32.8 Å². The lowest BCUT2D eigenvalue weighted by Gasteiger charge is -2.34. The molecule has 18 heavy (non-hydrogen) atoms. The van der Waals surface area contributed by atoms with Gasteiger partial charge in [0.2, 0.25) is 0 Å². The smallest absolute Gasteiger partial charge is 0.407 e. The van der Waals surface area contributed by atoms with E-state index in [0.717, 1.165) is 32.7 Å². The minimum atomic E-state index is -0.422. The fraction of sp³-hybridized carbons (Fsp3) is 0.923. The molecule has 2 aliphatic heterocycles. The van der Waals surface area contributed by atoms with Gasteiger partial charge in [-0.05, 0) is 39.7 Å². The normalized spacial score (nSPS) is 25.8. The molecule has 5 heteroatoms. The van der Waals surface area contributed by atoms with E-state index in [-0.39, 0.29) is 6.09 Å². The molecule has 2 heterocycles. The average Bonchev–Trinajstić information content (AvgIpc) is 2.58. The second kappa shape index (κ2) is 5.45. The van der Waals surface area contributed by atoms with Crippen LogP contribution in [-0.4, -0.2) is 55.5 Å². The van der Waals surface area contributed by atoms with Gasteiger partial charge < -0.3 is 14.8 Å². The summed E-state index contributed by atoms with van der Waals surface area (Å²) in [7, 11) is 0. The van der Waals surface area contributed by atoms with Gasteiger partial charge >= 0.3 is 6.09 Å². The minimum Gasteiger partial charge on any atom is -0.444 e. The van der Waals surface area contributed by atoms with Crippen LogP contribution in [0.3, 0.4) is 0 Å². The summed E-state index contributed by atoms with van der Waals surface area (Å²) in [5.74, 6) is 0.540. The van der Waals surface area contributed by atoms with E-state index >= 15 is 0 Å². The number of carbonyl (C=O) groups excluding carboxylic acids is 1. The van der Waals surface area contributed by atoms with Crippen LogP contribution in [0.1, 0.15) is 27.2 Å². The van der Waals surface area contributed by atoms with E-state index in [1.807, 2.05) is 20.8 Å². The number of carbonyl (C=O) groups is 1. The number of nitrogens with zero attached hydrogens (tertiary/aromatic N) is 1. The Morgan fingerprint density at radius 3 is 2.72 bits per heavy atom. The predicted octanol–water partition coefficient (Wildman–Crippen LogP) is 1.23. The van der Waals surface area contributed by atoms with Gasteiger partial charge in [-0.1, -0.05) is 0 Å². The molecule has 0 unspecified atom stereocenters. The highest BCUT2D eigenvalue weighted by atomic mass is 16.6. The molecule has 1 atom stereocenters. The molecule has 0 aliphatic carbocycles. The number of alkyl carbamates (subject to hydrolysis) is 1. The minimum absolute atomic E-state index is 0.312. The third-order valence-electron chi connectivity index (χ3n) is 3.39. The van der Waals surface area contributed by atoms with E-state index in [1.54, 1.807) is 0 Å². The van der Waals surface area contributed by atoms with Gasteiger partial charge in [0.25, 0.3) is 0 Å². The lowest BCUT2D eigenvalue weighted by Crippen LogP contribution is -2.48. The van der Waals surface area contributed by atoms with Crippen LogP contribution in [0.2, 0.25) is 0 Å². The van der Waals surface area contributed by atoms with Gasteiger partial charge in [0.1, 0.15) is 5.60 Å². The SMILES string of the molecule is CC(C)(C)OC(=O)NC[C@@H]1CCN(C2COC2)C1. The molecule has 1 amide bonds. The van der Waals surface area contributed by atoms with Crippen LogP contribution in [-0.2, 0) is 9.47 Å². The molecular weight excluding hydrogens is 232 g/mol.